The van der Waals surface area contributed by atoms with Crippen molar-refractivity contribution in [2.75, 3.05) is 53.4 Å². The van der Waals surface area contributed by atoms with E-state index in [-0.39, 0.29) is 18.5 Å². The number of hydrogen-bond donors (Lipinski definition) is 3. The third-order valence-corrected chi connectivity index (χ3v) is 7.99. The lowest BCUT2D eigenvalue weighted by Crippen LogP contribution is -2.63. The minimum absolute atomic E-state index is 0.0732. The van der Waals surface area contributed by atoms with Gasteiger partial charge in [-0.15, -0.1) is 0 Å². The van der Waals surface area contributed by atoms with Crippen LogP contribution in [0, 0.1) is 11.8 Å². The summed E-state index contributed by atoms with van der Waals surface area (Å²) in [6.07, 6.45) is 9.66. The van der Waals surface area contributed by atoms with Gasteiger partial charge in [0.05, 0.1) is 6.10 Å². The molecule has 8 nitrogen and oxygen atoms in total. The minimum atomic E-state index is -0.120. The molecule has 0 bridgehead atoms. The lowest BCUT2D eigenvalue weighted by Gasteiger charge is -2.40. The summed E-state index contributed by atoms with van der Waals surface area (Å²) >= 11 is 0. The Balaban J connectivity index is 1.10. The van der Waals surface area contributed by atoms with E-state index in [2.05, 4.69) is 27.9 Å². The highest BCUT2D eigenvalue weighted by Crippen LogP contribution is 2.32. The van der Waals surface area contributed by atoms with Crippen molar-refractivity contribution >= 4 is 6.09 Å². The van der Waals surface area contributed by atoms with Crippen molar-refractivity contribution in [1.29, 1.82) is 0 Å². The molecule has 4 rings (SSSR count). The van der Waals surface area contributed by atoms with Crippen LogP contribution in [0.4, 0.5) is 4.79 Å². The first-order valence-electron chi connectivity index (χ1n) is 12.5. The van der Waals surface area contributed by atoms with Gasteiger partial charge in [0.25, 0.3) is 0 Å². The van der Waals surface area contributed by atoms with Crippen LogP contribution < -0.4 is 16.0 Å². The lowest BCUT2D eigenvalue weighted by molar-refractivity contribution is 0.0286. The standard InChI is InChI=1S/C23H43N5O3/c1-27-11-13-28(14-12-27)23(29)31-21-9-5-19(6-10-21)26-22-24-15-18(16-25-22)17-3-7-20(30-2)8-4-17/h17-22,24-26H,3-16H2,1-2H3. The molecule has 2 heterocycles. The van der Waals surface area contributed by atoms with Crippen LogP contribution in [0.15, 0.2) is 0 Å². The third-order valence-electron chi connectivity index (χ3n) is 7.99. The molecule has 0 spiro atoms. The molecule has 8 heteroatoms. The van der Waals surface area contributed by atoms with Gasteiger partial charge in [0.1, 0.15) is 12.4 Å². The van der Waals surface area contributed by atoms with E-state index in [0.29, 0.717) is 12.1 Å². The number of rotatable bonds is 5. The quantitative estimate of drug-likeness (QED) is 0.603. The molecule has 4 fully saturated rings. The summed E-state index contributed by atoms with van der Waals surface area (Å²) in [4.78, 5) is 16.5. The second-order valence-electron chi connectivity index (χ2n) is 10.1. The van der Waals surface area contributed by atoms with Gasteiger partial charge in [-0.1, -0.05) is 0 Å². The van der Waals surface area contributed by atoms with E-state index in [1.54, 1.807) is 0 Å². The number of nitrogens with zero attached hydrogens (tertiary/aromatic N) is 2. The molecular weight excluding hydrogens is 394 g/mol. The lowest BCUT2D eigenvalue weighted by atomic mass is 9.78. The Hall–Kier alpha value is -0.930. The van der Waals surface area contributed by atoms with Gasteiger partial charge in [-0.3, -0.25) is 16.0 Å². The van der Waals surface area contributed by atoms with Gasteiger partial charge in [-0.2, -0.15) is 0 Å². The number of piperazine rings is 1. The first-order chi connectivity index (χ1) is 15.1. The van der Waals surface area contributed by atoms with Crippen molar-refractivity contribution in [3.8, 4) is 0 Å². The Bertz CT molecular complexity index is 547. The molecule has 0 atom stereocenters. The fourth-order valence-electron chi connectivity index (χ4n) is 5.72. The van der Waals surface area contributed by atoms with Crippen molar-refractivity contribution in [2.24, 2.45) is 11.8 Å². The van der Waals surface area contributed by atoms with Crippen molar-refractivity contribution < 1.29 is 14.3 Å². The number of carbonyl (C=O) groups excluding carboxylic acids is 1. The molecule has 2 saturated heterocycles. The van der Waals surface area contributed by atoms with Crippen molar-refractivity contribution in [2.45, 2.75) is 75.9 Å². The molecule has 0 unspecified atom stereocenters. The minimum Gasteiger partial charge on any atom is -0.446 e. The second-order valence-corrected chi connectivity index (χ2v) is 10.1. The number of nitrogens with one attached hydrogen (secondary N) is 3. The Kier molecular flexibility index (Phi) is 8.45. The van der Waals surface area contributed by atoms with Crippen LogP contribution in [-0.4, -0.2) is 93.9 Å². The van der Waals surface area contributed by atoms with Crippen LogP contribution in [-0.2, 0) is 9.47 Å². The zero-order valence-corrected chi connectivity index (χ0v) is 19.5. The molecule has 0 radical (unpaired) electrons. The molecule has 2 aliphatic carbocycles. The summed E-state index contributed by atoms with van der Waals surface area (Å²) in [5.41, 5.74) is 0. The number of ether oxygens (including phenoxy) is 2. The van der Waals surface area contributed by atoms with E-state index >= 15 is 0 Å². The first-order valence-corrected chi connectivity index (χ1v) is 12.5. The molecule has 0 aromatic heterocycles. The number of hydrogen-bond acceptors (Lipinski definition) is 7. The third kappa shape index (κ3) is 6.54. The van der Waals surface area contributed by atoms with E-state index in [1.807, 2.05) is 12.0 Å². The summed E-state index contributed by atoms with van der Waals surface area (Å²) in [5.74, 6) is 1.54. The van der Waals surface area contributed by atoms with E-state index in [4.69, 9.17) is 9.47 Å². The van der Waals surface area contributed by atoms with E-state index in [1.165, 1.54) is 25.7 Å². The van der Waals surface area contributed by atoms with Gasteiger partial charge < -0.3 is 19.3 Å². The molecule has 0 aromatic carbocycles. The van der Waals surface area contributed by atoms with Gasteiger partial charge in [0, 0.05) is 52.4 Å². The molecule has 2 aliphatic heterocycles. The smallest absolute Gasteiger partial charge is 0.410 e. The van der Waals surface area contributed by atoms with Gasteiger partial charge in [-0.25, -0.2) is 4.79 Å². The second kappa shape index (κ2) is 11.3. The maximum Gasteiger partial charge on any atom is 0.410 e. The zero-order valence-electron chi connectivity index (χ0n) is 19.5. The predicted molar refractivity (Wildman–Crippen MR) is 121 cm³/mol. The van der Waals surface area contributed by atoms with Gasteiger partial charge in [-0.05, 0) is 70.3 Å². The summed E-state index contributed by atoms with van der Waals surface area (Å²) in [6.45, 7) is 5.60. The van der Waals surface area contributed by atoms with Crippen LogP contribution in [0.3, 0.4) is 0 Å². The topological polar surface area (TPSA) is 78.1 Å². The van der Waals surface area contributed by atoms with Crippen molar-refractivity contribution in [1.82, 2.24) is 25.8 Å². The van der Waals surface area contributed by atoms with Gasteiger partial charge in [0.2, 0.25) is 0 Å². The summed E-state index contributed by atoms with van der Waals surface area (Å²) < 4.78 is 11.3. The summed E-state index contributed by atoms with van der Waals surface area (Å²) in [7, 11) is 3.94. The first kappa shape index (κ1) is 23.2. The highest BCUT2D eigenvalue weighted by Gasteiger charge is 2.32. The SMILES string of the molecule is COC1CCC(C2CNC(NC3CCC(OC(=O)N4CCN(C)CC4)CC3)NC2)CC1. The van der Waals surface area contributed by atoms with Crippen molar-refractivity contribution in [3.05, 3.63) is 0 Å². The fraction of sp³-hybridized carbons (Fsp3) is 0.957. The van der Waals surface area contributed by atoms with Crippen molar-refractivity contribution in [3.63, 3.8) is 0 Å². The molecule has 2 saturated carbocycles. The van der Waals surface area contributed by atoms with Crippen LogP contribution in [0.25, 0.3) is 0 Å². The summed E-state index contributed by atoms with van der Waals surface area (Å²) in [6, 6.07) is 0.484. The monoisotopic (exact) mass is 437 g/mol. The summed E-state index contributed by atoms with van der Waals surface area (Å²) in [5, 5.41) is 11.1. The maximum atomic E-state index is 12.4. The predicted octanol–water partition coefficient (Wildman–Crippen LogP) is 1.57. The fourth-order valence-corrected chi connectivity index (χ4v) is 5.72. The molecule has 1 amide bonds. The Morgan fingerprint density at radius 3 is 2.06 bits per heavy atom. The highest BCUT2D eigenvalue weighted by atomic mass is 16.6. The number of methoxy groups -OCH3 is 1. The maximum absolute atomic E-state index is 12.4. The molecule has 178 valence electrons. The Morgan fingerprint density at radius 2 is 1.45 bits per heavy atom. The Morgan fingerprint density at radius 1 is 0.839 bits per heavy atom. The Labute approximate surface area is 187 Å². The average molecular weight is 438 g/mol. The van der Waals surface area contributed by atoms with Crippen LogP contribution in [0.1, 0.15) is 51.4 Å². The normalized spacial score (nSPS) is 38.1. The van der Waals surface area contributed by atoms with E-state index in [0.717, 1.165) is 76.8 Å². The van der Waals surface area contributed by atoms with Gasteiger partial charge in [0.15, 0.2) is 0 Å². The number of likely N-dealkylation sites (N-methyl/N-ethyl adjacent to an activating group) is 1. The molecule has 0 aromatic rings. The number of carbonyl (C=O) groups is 1. The highest BCUT2D eigenvalue weighted by molar-refractivity contribution is 5.68. The average Bonchev–Trinajstić information content (AvgIpc) is 2.81. The van der Waals surface area contributed by atoms with E-state index < -0.39 is 0 Å². The molecular formula is C23H43N5O3. The number of amides is 1. The molecule has 31 heavy (non-hydrogen) atoms. The van der Waals surface area contributed by atoms with Crippen LogP contribution in [0.5, 0.6) is 0 Å². The van der Waals surface area contributed by atoms with Gasteiger partial charge >= 0.3 is 6.09 Å². The van der Waals surface area contributed by atoms with Crippen LogP contribution in [0.2, 0.25) is 0 Å². The molecule has 3 N–H and O–H groups in total. The molecule has 4 aliphatic rings. The van der Waals surface area contributed by atoms with E-state index in [9.17, 15) is 4.79 Å². The zero-order chi connectivity index (χ0) is 21.6. The van der Waals surface area contributed by atoms with Crippen LogP contribution >= 0.6 is 0 Å². The largest absolute Gasteiger partial charge is 0.446 e.